The molecular weight excluding hydrogens is 444 g/mol. The zero-order valence-corrected chi connectivity index (χ0v) is 21.0. The highest BCUT2D eigenvalue weighted by molar-refractivity contribution is 7.09. The van der Waals surface area contributed by atoms with Gasteiger partial charge in [0, 0.05) is 62.9 Å². The molecular formula is C26H32N6OS. The summed E-state index contributed by atoms with van der Waals surface area (Å²) in [6.07, 6.45) is 4.82. The van der Waals surface area contributed by atoms with E-state index in [4.69, 9.17) is 10.2 Å². The number of amides is 1. The summed E-state index contributed by atoms with van der Waals surface area (Å²) >= 11 is 1.39. The molecule has 2 heterocycles. The Bertz CT molecular complexity index is 1070. The van der Waals surface area contributed by atoms with Crippen LogP contribution in [0.4, 0.5) is 5.13 Å². The van der Waals surface area contributed by atoms with Crippen LogP contribution in [0.15, 0.2) is 48.8 Å². The maximum Gasteiger partial charge on any atom is 0.224 e. The summed E-state index contributed by atoms with van der Waals surface area (Å²) in [6, 6.07) is 14.4. The average Bonchev–Trinajstić information content (AvgIpc) is 3.29. The SMILES string of the molecule is Cc1ccc(Cc2nsc(N(CCC(=O)N(CCC#N)Cc3cccnc3)CC(C)C)n2)cc1. The largest absolute Gasteiger partial charge is 0.346 e. The molecule has 0 unspecified atom stereocenters. The van der Waals surface area contributed by atoms with Crippen molar-refractivity contribution in [1.29, 1.82) is 5.26 Å². The third-order valence-corrected chi connectivity index (χ3v) is 6.15. The van der Waals surface area contributed by atoms with Crippen LogP contribution in [0, 0.1) is 24.2 Å². The molecule has 0 aliphatic heterocycles. The number of carbonyl (C=O) groups is 1. The van der Waals surface area contributed by atoms with Gasteiger partial charge in [-0.15, -0.1) is 0 Å². The lowest BCUT2D eigenvalue weighted by Gasteiger charge is -2.26. The lowest BCUT2D eigenvalue weighted by atomic mass is 10.1. The van der Waals surface area contributed by atoms with E-state index in [9.17, 15) is 4.79 Å². The maximum absolute atomic E-state index is 13.1. The van der Waals surface area contributed by atoms with E-state index >= 15 is 0 Å². The molecule has 0 N–H and O–H groups in total. The summed E-state index contributed by atoms with van der Waals surface area (Å²) in [5.74, 6) is 1.25. The van der Waals surface area contributed by atoms with Crippen LogP contribution in [0.2, 0.25) is 0 Å². The van der Waals surface area contributed by atoms with E-state index in [-0.39, 0.29) is 5.91 Å². The fourth-order valence-corrected chi connectivity index (χ4v) is 4.34. The van der Waals surface area contributed by atoms with Crippen LogP contribution < -0.4 is 4.90 Å². The van der Waals surface area contributed by atoms with Gasteiger partial charge in [-0.3, -0.25) is 9.78 Å². The highest BCUT2D eigenvalue weighted by Crippen LogP contribution is 2.21. The lowest BCUT2D eigenvalue weighted by molar-refractivity contribution is -0.131. The lowest BCUT2D eigenvalue weighted by Crippen LogP contribution is -2.36. The van der Waals surface area contributed by atoms with Gasteiger partial charge in [0.15, 0.2) is 0 Å². The Morgan fingerprint density at radius 3 is 2.62 bits per heavy atom. The normalized spacial score (nSPS) is 10.8. The van der Waals surface area contributed by atoms with Gasteiger partial charge < -0.3 is 9.80 Å². The Hall–Kier alpha value is -3.31. The van der Waals surface area contributed by atoms with Gasteiger partial charge in [-0.05, 0) is 30.0 Å². The van der Waals surface area contributed by atoms with Crippen molar-refractivity contribution < 1.29 is 4.79 Å². The molecule has 2 aromatic heterocycles. The third kappa shape index (κ3) is 7.92. The van der Waals surface area contributed by atoms with Gasteiger partial charge in [0.25, 0.3) is 0 Å². The standard InChI is InChI=1S/C26H32N6OS/c1-20(2)18-32(26-29-24(30-34-26)16-22-9-7-21(3)8-10-22)15-11-25(33)31(14-5-12-27)19-23-6-4-13-28-17-23/h4,6-10,13,17,20H,5,11,14-16,18-19H2,1-3H3. The summed E-state index contributed by atoms with van der Waals surface area (Å²) in [4.78, 5) is 25.9. The molecule has 8 heteroatoms. The monoisotopic (exact) mass is 476 g/mol. The van der Waals surface area contributed by atoms with Crippen molar-refractivity contribution in [2.75, 3.05) is 24.5 Å². The second-order valence-corrected chi connectivity index (χ2v) is 9.56. The van der Waals surface area contributed by atoms with Gasteiger partial charge >= 0.3 is 0 Å². The molecule has 0 atom stereocenters. The van der Waals surface area contributed by atoms with Crippen LogP contribution in [-0.4, -0.2) is 44.8 Å². The molecule has 178 valence electrons. The summed E-state index contributed by atoms with van der Waals surface area (Å²) < 4.78 is 4.57. The molecule has 0 aliphatic carbocycles. The number of carbonyl (C=O) groups excluding carboxylic acids is 1. The van der Waals surface area contributed by atoms with E-state index in [2.05, 4.69) is 65.4 Å². The highest BCUT2D eigenvalue weighted by Gasteiger charge is 2.19. The summed E-state index contributed by atoms with van der Waals surface area (Å²) in [6.45, 7) is 8.62. The van der Waals surface area contributed by atoms with Gasteiger partial charge in [-0.25, -0.2) is 4.98 Å². The number of nitrogens with zero attached hydrogens (tertiary/aromatic N) is 6. The van der Waals surface area contributed by atoms with Gasteiger partial charge in [-0.2, -0.15) is 9.64 Å². The molecule has 0 spiro atoms. The van der Waals surface area contributed by atoms with Gasteiger partial charge in [0.1, 0.15) is 5.82 Å². The maximum atomic E-state index is 13.1. The number of rotatable bonds is 12. The van der Waals surface area contributed by atoms with Crippen molar-refractivity contribution in [2.24, 2.45) is 5.92 Å². The summed E-state index contributed by atoms with van der Waals surface area (Å²) in [5, 5.41) is 9.87. The number of nitriles is 1. The van der Waals surface area contributed by atoms with Crippen LogP contribution in [0.5, 0.6) is 0 Å². The first-order valence-electron chi connectivity index (χ1n) is 11.6. The molecule has 1 amide bonds. The number of pyridine rings is 1. The third-order valence-electron chi connectivity index (χ3n) is 5.33. The first-order chi connectivity index (χ1) is 16.4. The number of aryl methyl sites for hydroxylation is 1. The number of anilines is 1. The minimum atomic E-state index is 0.0252. The molecule has 7 nitrogen and oxygen atoms in total. The highest BCUT2D eigenvalue weighted by atomic mass is 32.1. The van der Waals surface area contributed by atoms with Crippen molar-refractivity contribution in [2.45, 2.75) is 46.6 Å². The molecule has 1 aromatic carbocycles. The van der Waals surface area contributed by atoms with Crippen LogP contribution in [-0.2, 0) is 17.8 Å². The molecule has 0 radical (unpaired) electrons. The van der Waals surface area contributed by atoms with Gasteiger partial charge in [0.05, 0.1) is 12.5 Å². The zero-order chi connectivity index (χ0) is 24.3. The second kappa shape index (κ2) is 12.8. The smallest absolute Gasteiger partial charge is 0.224 e. The molecule has 0 saturated carbocycles. The first kappa shape index (κ1) is 25.3. The molecule has 0 saturated heterocycles. The van der Waals surface area contributed by atoms with E-state index < -0.39 is 0 Å². The van der Waals surface area contributed by atoms with Gasteiger partial charge in [0.2, 0.25) is 11.0 Å². The quantitative estimate of drug-likeness (QED) is 0.379. The van der Waals surface area contributed by atoms with E-state index in [0.717, 1.165) is 23.1 Å². The van der Waals surface area contributed by atoms with Crippen LogP contribution in [0.1, 0.15) is 49.2 Å². The van der Waals surface area contributed by atoms with Crippen molar-refractivity contribution in [3.05, 3.63) is 71.3 Å². The zero-order valence-electron chi connectivity index (χ0n) is 20.1. The minimum absolute atomic E-state index is 0.0252. The number of benzene rings is 1. The molecule has 0 fully saturated rings. The van der Waals surface area contributed by atoms with Crippen molar-refractivity contribution >= 4 is 22.6 Å². The van der Waals surface area contributed by atoms with Crippen molar-refractivity contribution in [3.8, 4) is 6.07 Å². The van der Waals surface area contributed by atoms with Gasteiger partial charge in [-0.1, -0.05) is 49.7 Å². The van der Waals surface area contributed by atoms with E-state index in [1.807, 2.05) is 12.1 Å². The van der Waals surface area contributed by atoms with Crippen molar-refractivity contribution in [1.82, 2.24) is 19.2 Å². The molecule has 0 bridgehead atoms. The van der Waals surface area contributed by atoms with E-state index in [1.165, 1.54) is 22.7 Å². The van der Waals surface area contributed by atoms with E-state index in [0.29, 0.717) is 44.8 Å². The topological polar surface area (TPSA) is 86.0 Å². The molecule has 3 aromatic rings. The Morgan fingerprint density at radius 1 is 1.15 bits per heavy atom. The van der Waals surface area contributed by atoms with Crippen LogP contribution >= 0.6 is 11.5 Å². The van der Waals surface area contributed by atoms with Crippen LogP contribution in [0.25, 0.3) is 0 Å². The summed E-state index contributed by atoms with van der Waals surface area (Å²) in [7, 11) is 0. The second-order valence-electron chi connectivity index (χ2n) is 8.83. The number of hydrogen-bond acceptors (Lipinski definition) is 7. The number of hydrogen-bond donors (Lipinski definition) is 0. The molecule has 0 aliphatic rings. The molecule has 3 rings (SSSR count). The summed E-state index contributed by atoms with van der Waals surface area (Å²) in [5.41, 5.74) is 3.37. The van der Waals surface area contributed by atoms with E-state index in [1.54, 1.807) is 17.3 Å². The predicted molar refractivity (Wildman–Crippen MR) is 135 cm³/mol. The Morgan fingerprint density at radius 2 is 1.94 bits per heavy atom. The Labute approximate surface area is 206 Å². The fourth-order valence-electron chi connectivity index (χ4n) is 3.62. The molecule has 34 heavy (non-hydrogen) atoms. The fraction of sp³-hybridized carbons (Fsp3) is 0.423. The average molecular weight is 477 g/mol. The van der Waals surface area contributed by atoms with Crippen molar-refractivity contribution in [3.63, 3.8) is 0 Å². The first-order valence-corrected chi connectivity index (χ1v) is 12.4. The minimum Gasteiger partial charge on any atom is -0.346 e. The Kier molecular flexibility index (Phi) is 9.53. The number of aromatic nitrogens is 3. The van der Waals surface area contributed by atoms with Crippen LogP contribution in [0.3, 0.4) is 0 Å². The predicted octanol–water partition coefficient (Wildman–Crippen LogP) is 4.63. The Balaban J connectivity index is 1.65.